The van der Waals surface area contributed by atoms with E-state index in [0.29, 0.717) is 28.4 Å². The van der Waals surface area contributed by atoms with Crippen molar-refractivity contribution in [2.75, 3.05) is 14.2 Å². The lowest BCUT2D eigenvalue weighted by Gasteiger charge is -2.36. The van der Waals surface area contributed by atoms with E-state index in [1.165, 1.54) is 7.11 Å². The Labute approximate surface area is 144 Å². The molecule has 2 rings (SSSR count). The molecule has 24 heavy (non-hydrogen) atoms. The highest BCUT2D eigenvalue weighted by Crippen LogP contribution is 2.38. The van der Waals surface area contributed by atoms with E-state index in [9.17, 15) is 4.79 Å². The van der Waals surface area contributed by atoms with Gasteiger partial charge in [0.05, 0.1) is 14.2 Å². The van der Waals surface area contributed by atoms with Crippen molar-refractivity contribution in [3.63, 3.8) is 0 Å². The van der Waals surface area contributed by atoms with Crippen molar-refractivity contribution < 1.29 is 24.0 Å². The predicted octanol–water partition coefficient (Wildman–Crippen LogP) is 4.40. The van der Waals surface area contributed by atoms with Crippen LogP contribution < -0.4 is 9.47 Å². The Balaban J connectivity index is 1.90. The Hall–Kier alpha value is -1.75. The minimum atomic E-state index is -0.566. The van der Waals surface area contributed by atoms with Gasteiger partial charge in [-0.15, -0.1) is 0 Å². The summed E-state index contributed by atoms with van der Waals surface area (Å²) in [6.45, 7) is 6.82. The summed E-state index contributed by atoms with van der Waals surface area (Å²) in [7, 11) is 3.05. The van der Waals surface area contributed by atoms with Crippen LogP contribution in [0.15, 0.2) is 18.2 Å². The van der Waals surface area contributed by atoms with Crippen LogP contribution in [-0.2, 0) is 9.78 Å². The van der Waals surface area contributed by atoms with E-state index in [1.54, 1.807) is 25.3 Å². The summed E-state index contributed by atoms with van der Waals surface area (Å²) in [5, 5.41) is 0. The molecule has 1 fully saturated rings. The Bertz CT molecular complexity index is 553. The number of benzene rings is 1. The van der Waals surface area contributed by atoms with Gasteiger partial charge in [-0.3, -0.25) is 4.89 Å². The predicted molar refractivity (Wildman–Crippen MR) is 91.2 cm³/mol. The molecular weight excluding hydrogens is 308 g/mol. The second-order valence-electron chi connectivity index (χ2n) is 7.37. The molecule has 5 heteroatoms. The normalized spacial score (nSPS) is 21.2. The molecule has 0 unspecified atom stereocenters. The monoisotopic (exact) mass is 336 g/mol. The number of ether oxygens (including phenoxy) is 2. The molecule has 0 radical (unpaired) electrons. The quantitative estimate of drug-likeness (QED) is 0.589. The van der Waals surface area contributed by atoms with Crippen LogP contribution in [0.4, 0.5) is 0 Å². The summed E-state index contributed by atoms with van der Waals surface area (Å²) in [5.74, 6) is 1.12. The summed E-state index contributed by atoms with van der Waals surface area (Å²) in [6, 6.07) is 4.98. The van der Waals surface area contributed by atoms with Crippen LogP contribution in [0.1, 0.15) is 56.8 Å². The van der Waals surface area contributed by atoms with Crippen LogP contribution in [-0.4, -0.2) is 26.3 Å². The fourth-order valence-electron chi connectivity index (χ4n) is 3.16. The topological polar surface area (TPSA) is 54.0 Å². The van der Waals surface area contributed by atoms with E-state index in [0.717, 1.165) is 25.7 Å². The van der Waals surface area contributed by atoms with E-state index in [2.05, 4.69) is 20.8 Å². The van der Waals surface area contributed by atoms with Gasteiger partial charge in [0.15, 0.2) is 0 Å². The van der Waals surface area contributed by atoms with Crippen LogP contribution in [0, 0.1) is 11.3 Å². The third-order valence-corrected chi connectivity index (χ3v) is 4.79. The second-order valence-corrected chi connectivity index (χ2v) is 7.37. The number of methoxy groups -OCH3 is 2. The summed E-state index contributed by atoms with van der Waals surface area (Å²) >= 11 is 0. The first kappa shape index (κ1) is 18.6. The van der Waals surface area contributed by atoms with Crippen molar-refractivity contribution in [1.82, 2.24) is 0 Å². The van der Waals surface area contributed by atoms with Gasteiger partial charge < -0.3 is 9.47 Å². The highest BCUT2D eigenvalue weighted by atomic mass is 17.2. The van der Waals surface area contributed by atoms with Crippen molar-refractivity contribution in [2.45, 2.75) is 52.6 Å². The van der Waals surface area contributed by atoms with Crippen molar-refractivity contribution in [1.29, 1.82) is 0 Å². The number of carbonyl (C=O) groups excluding carboxylic acids is 1. The standard InChI is InChI=1S/C19H28O5/c1-19(2,3)13-6-8-14(9-7-13)23-24-18(20)16-12-15(21-4)10-11-17(16)22-5/h10-14H,6-9H2,1-5H3. The van der Waals surface area contributed by atoms with Crippen LogP contribution in [0.25, 0.3) is 0 Å². The molecule has 5 nitrogen and oxygen atoms in total. The fourth-order valence-corrected chi connectivity index (χ4v) is 3.16. The highest BCUT2D eigenvalue weighted by molar-refractivity contribution is 5.92. The maximum atomic E-state index is 12.3. The maximum Gasteiger partial charge on any atom is 0.376 e. The van der Waals surface area contributed by atoms with Gasteiger partial charge in [-0.1, -0.05) is 20.8 Å². The zero-order valence-corrected chi connectivity index (χ0v) is 15.3. The molecule has 1 aromatic carbocycles. The Morgan fingerprint density at radius 1 is 1.04 bits per heavy atom. The molecule has 0 atom stereocenters. The third kappa shape index (κ3) is 4.63. The van der Waals surface area contributed by atoms with E-state index in [-0.39, 0.29) is 6.10 Å². The molecule has 0 aliphatic heterocycles. The molecular formula is C19H28O5. The maximum absolute atomic E-state index is 12.3. The molecule has 0 saturated heterocycles. The molecule has 0 spiro atoms. The van der Waals surface area contributed by atoms with Gasteiger partial charge in [0, 0.05) is 0 Å². The third-order valence-electron chi connectivity index (χ3n) is 4.79. The van der Waals surface area contributed by atoms with Gasteiger partial charge in [0.2, 0.25) is 0 Å². The van der Waals surface area contributed by atoms with Crippen LogP contribution in [0.3, 0.4) is 0 Å². The van der Waals surface area contributed by atoms with Gasteiger partial charge in [0.1, 0.15) is 23.2 Å². The number of hydrogen-bond donors (Lipinski definition) is 0. The van der Waals surface area contributed by atoms with Gasteiger partial charge >= 0.3 is 5.97 Å². The molecule has 0 N–H and O–H groups in total. The van der Waals surface area contributed by atoms with Gasteiger partial charge in [-0.25, -0.2) is 4.79 Å². The van der Waals surface area contributed by atoms with E-state index in [1.807, 2.05) is 0 Å². The van der Waals surface area contributed by atoms with Gasteiger partial charge in [-0.2, -0.15) is 4.89 Å². The van der Waals surface area contributed by atoms with E-state index in [4.69, 9.17) is 19.2 Å². The summed E-state index contributed by atoms with van der Waals surface area (Å²) in [4.78, 5) is 22.7. The molecule has 134 valence electrons. The SMILES string of the molecule is COc1ccc(OC)c(C(=O)OOC2CCC(C(C)(C)C)CC2)c1. The molecule has 1 aliphatic rings. The lowest BCUT2D eigenvalue weighted by molar-refractivity contribution is -0.281. The Morgan fingerprint density at radius 2 is 1.71 bits per heavy atom. The Morgan fingerprint density at radius 3 is 2.25 bits per heavy atom. The number of rotatable bonds is 5. The van der Waals surface area contributed by atoms with Crippen molar-refractivity contribution >= 4 is 5.97 Å². The number of hydrogen-bond acceptors (Lipinski definition) is 5. The van der Waals surface area contributed by atoms with E-state index < -0.39 is 5.97 Å². The second kappa shape index (κ2) is 7.88. The first-order valence-corrected chi connectivity index (χ1v) is 8.45. The molecule has 0 heterocycles. The lowest BCUT2D eigenvalue weighted by atomic mass is 9.72. The fraction of sp³-hybridized carbons (Fsp3) is 0.632. The molecule has 0 amide bonds. The smallest absolute Gasteiger partial charge is 0.376 e. The molecule has 0 aromatic heterocycles. The lowest BCUT2D eigenvalue weighted by Crippen LogP contribution is -2.29. The number of carbonyl (C=O) groups is 1. The average Bonchev–Trinajstić information content (AvgIpc) is 2.58. The van der Waals surface area contributed by atoms with Crippen molar-refractivity contribution in [3.8, 4) is 11.5 Å². The van der Waals surface area contributed by atoms with E-state index >= 15 is 0 Å². The first-order chi connectivity index (χ1) is 11.3. The van der Waals surface area contributed by atoms with Gasteiger partial charge in [0.25, 0.3) is 0 Å². The molecule has 1 saturated carbocycles. The van der Waals surface area contributed by atoms with Crippen LogP contribution >= 0.6 is 0 Å². The highest BCUT2D eigenvalue weighted by Gasteiger charge is 2.31. The van der Waals surface area contributed by atoms with Crippen LogP contribution in [0.5, 0.6) is 11.5 Å². The molecule has 0 bridgehead atoms. The minimum Gasteiger partial charge on any atom is -0.497 e. The summed E-state index contributed by atoms with van der Waals surface area (Å²) < 4.78 is 10.3. The van der Waals surface area contributed by atoms with Crippen molar-refractivity contribution in [3.05, 3.63) is 23.8 Å². The summed E-state index contributed by atoms with van der Waals surface area (Å²) in [5.41, 5.74) is 0.607. The zero-order valence-electron chi connectivity index (χ0n) is 15.3. The minimum absolute atomic E-state index is 0.0378. The van der Waals surface area contributed by atoms with Crippen LogP contribution in [0.2, 0.25) is 0 Å². The largest absolute Gasteiger partial charge is 0.497 e. The molecule has 1 aliphatic carbocycles. The van der Waals surface area contributed by atoms with Gasteiger partial charge in [-0.05, 0) is 55.2 Å². The van der Waals surface area contributed by atoms with Crippen molar-refractivity contribution in [2.24, 2.45) is 11.3 Å². The average molecular weight is 336 g/mol. The first-order valence-electron chi connectivity index (χ1n) is 8.45. The summed E-state index contributed by atoms with van der Waals surface area (Å²) in [6.07, 6.45) is 3.96. The zero-order chi connectivity index (χ0) is 17.7. The molecule has 1 aromatic rings. The Kier molecular flexibility index (Phi) is 6.10.